The molecule has 0 saturated carbocycles. The lowest BCUT2D eigenvalue weighted by Gasteiger charge is -2.19. The van der Waals surface area contributed by atoms with Crippen molar-refractivity contribution in [3.05, 3.63) is 35.6 Å². The third kappa shape index (κ3) is 2.03. The van der Waals surface area contributed by atoms with Crippen LogP contribution >= 0.6 is 0 Å². The Balaban J connectivity index is 2.04. The number of benzene rings is 1. The molecular weight excluding hydrogens is 242 g/mol. The molecule has 0 aliphatic carbocycles. The molecule has 1 unspecified atom stereocenters. The Bertz CT molecular complexity index is 656. The molecule has 4 nitrogen and oxygen atoms in total. The van der Waals surface area contributed by atoms with Crippen LogP contribution in [0.5, 0.6) is 0 Å². The molecule has 1 aromatic heterocycles. The van der Waals surface area contributed by atoms with Gasteiger partial charge in [0.1, 0.15) is 5.58 Å². The third-order valence-corrected chi connectivity index (χ3v) is 3.69. The zero-order valence-electron chi connectivity index (χ0n) is 10.7. The monoisotopic (exact) mass is 257 g/mol. The van der Waals surface area contributed by atoms with Crippen molar-refractivity contribution in [2.24, 2.45) is 0 Å². The molecule has 2 heterocycles. The fourth-order valence-corrected chi connectivity index (χ4v) is 2.58. The van der Waals surface area contributed by atoms with E-state index in [9.17, 15) is 9.59 Å². The second-order valence-corrected chi connectivity index (χ2v) is 4.88. The van der Waals surface area contributed by atoms with Crippen molar-refractivity contribution in [3.8, 4) is 0 Å². The van der Waals surface area contributed by atoms with E-state index in [1.54, 1.807) is 6.26 Å². The van der Waals surface area contributed by atoms with E-state index in [-0.39, 0.29) is 17.7 Å². The van der Waals surface area contributed by atoms with E-state index in [1.165, 1.54) is 5.56 Å². The summed E-state index contributed by atoms with van der Waals surface area (Å²) in [6.45, 7) is 2.09. The lowest BCUT2D eigenvalue weighted by atomic mass is 9.90. The normalized spacial score (nSPS) is 19.7. The second-order valence-electron chi connectivity index (χ2n) is 4.88. The maximum atomic E-state index is 11.9. The molecule has 0 bridgehead atoms. The summed E-state index contributed by atoms with van der Waals surface area (Å²) in [6, 6.07) is 6.03. The minimum Gasteiger partial charge on any atom is -0.464 e. The van der Waals surface area contributed by atoms with Crippen molar-refractivity contribution >= 4 is 22.8 Å². The Morgan fingerprint density at radius 3 is 2.95 bits per heavy atom. The molecular formula is C15H15NO3. The van der Waals surface area contributed by atoms with Crippen LogP contribution in [0.2, 0.25) is 0 Å². The zero-order valence-corrected chi connectivity index (χ0v) is 10.7. The minimum absolute atomic E-state index is 0.191. The quantitative estimate of drug-likeness (QED) is 0.841. The summed E-state index contributed by atoms with van der Waals surface area (Å²) in [4.78, 5) is 23.1. The van der Waals surface area contributed by atoms with Gasteiger partial charge in [-0.25, -0.2) is 0 Å². The standard InChI is InChI=1S/C15H15NO3/c1-2-9-3-5-13-11(7-9)12(8-19-13)10-4-6-14(17)16-15(10)18/h3,5,7-8,10H,2,4,6H2,1H3,(H,16,17,18). The number of carbonyl (C=O) groups excluding carboxylic acids is 2. The number of amides is 2. The van der Waals surface area contributed by atoms with Crippen LogP contribution in [0, 0.1) is 0 Å². The molecule has 1 aliphatic rings. The van der Waals surface area contributed by atoms with Gasteiger partial charge in [-0.2, -0.15) is 0 Å². The van der Waals surface area contributed by atoms with Crippen molar-refractivity contribution in [3.63, 3.8) is 0 Å². The van der Waals surface area contributed by atoms with Gasteiger partial charge >= 0.3 is 0 Å². The highest BCUT2D eigenvalue weighted by Crippen LogP contribution is 2.33. The number of imide groups is 1. The summed E-state index contributed by atoms with van der Waals surface area (Å²) in [5.41, 5.74) is 2.88. The fraction of sp³-hybridized carbons (Fsp3) is 0.333. The molecule has 19 heavy (non-hydrogen) atoms. The number of hydrogen-bond acceptors (Lipinski definition) is 3. The van der Waals surface area contributed by atoms with E-state index in [0.29, 0.717) is 12.8 Å². The van der Waals surface area contributed by atoms with Crippen LogP contribution in [0.15, 0.2) is 28.9 Å². The maximum absolute atomic E-state index is 11.9. The largest absolute Gasteiger partial charge is 0.464 e. The Labute approximate surface area is 110 Å². The van der Waals surface area contributed by atoms with Crippen molar-refractivity contribution in [1.29, 1.82) is 0 Å². The summed E-state index contributed by atoms with van der Waals surface area (Å²) in [7, 11) is 0. The molecule has 2 aromatic rings. The topological polar surface area (TPSA) is 59.3 Å². The van der Waals surface area contributed by atoms with Crippen LogP contribution in [0.1, 0.15) is 36.8 Å². The van der Waals surface area contributed by atoms with Gasteiger partial charge in [0, 0.05) is 17.4 Å². The van der Waals surface area contributed by atoms with Gasteiger partial charge in [0.05, 0.1) is 12.2 Å². The van der Waals surface area contributed by atoms with Gasteiger partial charge in [0.2, 0.25) is 11.8 Å². The number of piperidine rings is 1. The average molecular weight is 257 g/mol. The van der Waals surface area contributed by atoms with Crippen LogP contribution < -0.4 is 5.32 Å². The van der Waals surface area contributed by atoms with Gasteiger partial charge in [-0.3, -0.25) is 14.9 Å². The number of rotatable bonds is 2. The molecule has 1 N–H and O–H groups in total. The van der Waals surface area contributed by atoms with Crippen LogP contribution in [-0.4, -0.2) is 11.8 Å². The van der Waals surface area contributed by atoms with Gasteiger partial charge in [-0.15, -0.1) is 0 Å². The van der Waals surface area contributed by atoms with Crippen LogP contribution in [0.25, 0.3) is 11.0 Å². The van der Waals surface area contributed by atoms with Gasteiger partial charge in [0.15, 0.2) is 0 Å². The zero-order chi connectivity index (χ0) is 13.4. The van der Waals surface area contributed by atoms with Crippen molar-refractivity contribution in [2.45, 2.75) is 32.1 Å². The number of nitrogens with one attached hydrogen (secondary N) is 1. The fourth-order valence-electron chi connectivity index (χ4n) is 2.58. The first-order chi connectivity index (χ1) is 9.19. The Hall–Kier alpha value is -2.10. The van der Waals surface area contributed by atoms with Crippen molar-refractivity contribution < 1.29 is 14.0 Å². The molecule has 1 aromatic carbocycles. The number of carbonyl (C=O) groups is 2. The van der Waals surface area contributed by atoms with Crippen LogP contribution in [0.3, 0.4) is 0 Å². The summed E-state index contributed by atoms with van der Waals surface area (Å²) >= 11 is 0. The smallest absolute Gasteiger partial charge is 0.234 e. The summed E-state index contributed by atoms with van der Waals surface area (Å²) in [5.74, 6) is -0.699. The predicted octanol–water partition coefficient (Wildman–Crippen LogP) is 2.52. The number of aryl methyl sites for hydroxylation is 1. The molecule has 0 spiro atoms. The molecule has 1 fully saturated rings. The predicted molar refractivity (Wildman–Crippen MR) is 70.7 cm³/mol. The Kier molecular flexibility index (Phi) is 2.85. The maximum Gasteiger partial charge on any atom is 0.234 e. The van der Waals surface area contributed by atoms with Gasteiger partial charge in [0.25, 0.3) is 0 Å². The lowest BCUT2D eigenvalue weighted by molar-refractivity contribution is -0.134. The van der Waals surface area contributed by atoms with E-state index in [1.807, 2.05) is 12.1 Å². The minimum atomic E-state index is -0.286. The Morgan fingerprint density at radius 2 is 2.21 bits per heavy atom. The van der Waals surface area contributed by atoms with Gasteiger partial charge in [-0.1, -0.05) is 13.0 Å². The third-order valence-electron chi connectivity index (χ3n) is 3.69. The van der Waals surface area contributed by atoms with E-state index < -0.39 is 0 Å². The summed E-state index contributed by atoms with van der Waals surface area (Å²) < 4.78 is 5.51. The highest BCUT2D eigenvalue weighted by molar-refractivity contribution is 6.02. The van der Waals surface area contributed by atoms with E-state index >= 15 is 0 Å². The molecule has 3 rings (SSSR count). The first-order valence-corrected chi connectivity index (χ1v) is 6.52. The first-order valence-electron chi connectivity index (χ1n) is 6.52. The second kappa shape index (κ2) is 4.53. The van der Waals surface area contributed by atoms with Crippen LogP contribution in [0.4, 0.5) is 0 Å². The SMILES string of the molecule is CCc1ccc2occ(C3CCC(=O)NC3=O)c2c1. The highest BCUT2D eigenvalue weighted by atomic mass is 16.3. The molecule has 4 heteroatoms. The molecule has 1 saturated heterocycles. The molecule has 1 atom stereocenters. The number of fused-ring (bicyclic) bond motifs is 1. The lowest BCUT2D eigenvalue weighted by Crippen LogP contribution is -2.39. The number of hydrogen-bond donors (Lipinski definition) is 1. The summed E-state index contributed by atoms with van der Waals surface area (Å²) in [6.07, 6.45) is 3.52. The van der Waals surface area contributed by atoms with Gasteiger partial charge in [-0.05, 0) is 30.5 Å². The van der Waals surface area contributed by atoms with Crippen molar-refractivity contribution in [1.82, 2.24) is 5.32 Å². The molecule has 1 aliphatic heterocycles. The molecule has 0 radical (unpaired) electrons. The van der Waals surface area contributed by atoms with Crippen molar-refractivity contribution in [2.75, 3.05) is 0 Å². The summed E-state index contributed by atoms with van der Waals surface area (Å²) in [5, 5.41) is 3.37. The van der Waals surface area contributed by atoms with E-state index in [4.69, 9.17) is 4.42 Å². The Morgan fingerprint density at radius 1 is 1.37 bits per heavy atom. The highest BCUT2D eigenvalue weighted by Gasteiger charge is 2.30. The van der Waals surface area contributed by atoms with Gasteiger partial charge < -0.3 is 4.42 Å². The number of furan rings is 1. The molecule has 98 valence electrons. The average Bonchev–Trinajstić information content (AvgIpc) is 2.81. The van der Waals surface area contributed by atoms with E-state index in [0.717, 1.165) is 23.0 Å². The first kappa shape index (κ1) is 12.0. The molecule has 2 amide bonds. The van der Waals surface area contributed by atoms with Crippen LogP contribution in [-0.2, 0) is 16.0 Å². The van der Waals surface area contributed by atoms with E-state index in [2.05, 4.69) is 18.3 Å².